The van der Waals surface area contributed by atoms with Crippen LogP contribution in [0.15, 0.2) is 91.3 Å². The molecule has 3 aromatic carbocycles. The van der Waals surface area contributed by atoms with E-state index in [0.29, 0.717) is 35.6 Å². The molecule has 0 saturated carbocycles. The Hall–Kier alpha value is -6.57. The Labute approximate surface area is 337 Å². The van der Waals surface area contributed by atoms with E-state index < -0.39 is 17.7 Å². The summed E-state index contributed by atoms with van der Waals surface area (Å²) in [5, 5.41) is 16.1. The fourth-order valence-electron chi connectivity index (χ4n) is 7.28. The lowest BCUT2D eigenvalue weighted by Crippen LogP contribution is -2.50. The topological polar surface area (TPSA) is 149 Å². The second-order valence-corrected chi connectivity index (χ2v) is 15.9. The van der Waals surface area contributed by atoms with Gasteiger partial charge < -0.3 is 19.7 Å². The van der Waals surface area contributed by atoms with Gasteiger partial charge in [0.05, 0.1) is 25.5 Å². The van der Waals surface area contributed by atoms with Crippen molar-refractivity contribution in [2.45, 2.75) is 85.2 Å². The van der Waals surface area contributed by atoms with Crippen LogP contribution in [0.1, 0.15) is 74.4 Å². The summed E-state index contributed by atoms with van der Waals surface area (Å²) in [6.45, 7) is 13.8. The number of aromatic nitrogens is 6. The summed E-state index contributed by atoms with van der Waals surface area (Å²) in [6.07, 6.45) is 3.11. The van der Waals surface area contributed by atoms with E-state index in [1.807, 2.05) is 126 Å². The van der Waals surface area contributed by atoms with Crippen molar-refractivity contribution in [3.63, 3.8) is 0 Å². The minimum atomic E-state index is -0.776. The van der Waals surface area contributed by atoms with Crippen LogP contribution in [0.25, 0.3) is 28.0 Å². The molecule has 14 nitrogen and oxygen atoms in total. The molecule has 1 aliphatic heterocycles. The van der Waals surface area contributed by atoms with Gasteiger partial charge in [-0.25, -0.2) is 19.0 Å². The first kappa shape index (κ1) is 39.7. The first-order valence-corrected chi connectivity index (χ1v) is 19.4. The van der Waals surface area contributed by atoms with E-state index in [0.717, 1.165) is 39.4 Å². The first-order valence-electron chi connectivity index (χ1n) is 19.4. The van der Waals surface area contributed by atoms with Gasteiger partial charge in [-0.05, 0) is 83.9 Å². The molecule has 0 spiro atoms. The third-order valence-electron chi connectivity index (χ3n) is 10.2. The zero-order valence-electron chi connectivity index (χ0n) is 34.1. The van der Waals surface area contributed by atoms with Crippen molar-refractivity contribution in [1.29, 1.82) is 0 Å². The molecular weight excluding hydrogens is 735 g/mol. The average molecular weight is 784 g/mol. The van der Waals surface area contributed by atoms with Crippen molar-refractivity contribution in [3.8, 4) is 28.1 Å². The average Bonchev–Trinajstić information content (AvgIpc) is 3.96. The fraction of sp³-hybridized carbons (Fsp3) is 0.341. The van der Waals surface area contributed by atoms with Crippen molar-refractivity contribution in [2.24, 2.45) is 0 Å². The summed E-state index contributed by atoms with van der Waals surface area (Å²) < 4.78 is 14.7. The van der Waals surface area contributed by atoms with Crippen LogP contribution in [0.4, 0.5) is 10.5 Å². The number of carbonyl (C=O) groups excluding carboxylic acids is 3. The van der Waals surface area contributed by atoms with Gasteiger partial charge in [0, 0.05) is 53.8 Å². The third-order valence-corrected chi connectivity index (χ3v) is 10.2. The molecule has 3 amide bonds. The Bertz CT molecular complexity index is 2450. The van der Waals surface area contributed by atoms with E-state index in [4.69, 9.17) is 9.47 Å². The molecule has 3 aromatic heterocycles. The minimum Gasteiger partial charge on any atom is -0.496 e. The standard InChI is InChI=1S/C44H49N9O5/c1-27(2)50(24-30-13-15-31(16-14-30)35-11-9-10-12-39(35)57-8)42(55)38-22-34(25-51(38)43(56)58-44(5,6)7)52-26-37(48-49-52)32-17-19-33(20-18-32)47-41(54)36-23-45-53-29(4)21-28(3)46-40(36)53/h9-21,23,26-27,34,38H,22,24-25H2,1-8H3,(H,47,54)/t34?,38-/m0/s1. The number of fused-ring (bicyclic) bond motifs is 1. The second kappa shape index (κ2) is 16.1. The number of hydrogen-bond donors (Lipinski definition) is 1. The van der Waals surface area contributed by atoms with Crippen LogP contribution in [0.3, 0.4) is 0 Å². The van der Waals surface area contributed by atoms with Crippen molar-refractivity contribution in [3.05, 3.63) is 114 Å². The number of methoxy groups -OCH3 is 1. The van der Waals surface area contributed by atoms with E-state index in [2.05, 4.69) is 25.7 Å². The number of aryl methyl sites for hydroxylation is 2. The highest BCUT2D eigenvalue weighted by atomic mass is 16.6. The zero-order chi connectivity index (χ0) is 41.3. The SMILES string of the molecule is COc1ccccc1-c1ccc(CN(C(=O)[C@@H]2CC(n3cc(-c4ccc(NC(=O)c5cnn6c(C)cc(C)nc56)cc4)nn3)CN2C(=O)OC(C)(C)C)C(C)C)cc1. The largest absolute Gasteiger partial charge is 0.496 e. The molecule has 300 valence electrons. The minimum absolute atomic E-state index is 0.142. The Morgan fingerprint density at radius 2 is 1.67 bits per heavy atom. The van der Waals surface area contributed by atoms with Crippen LogP contribution in [0, 0.1) is 13.8 Å². The number of rotatable bonds is 10. The van der Waals surface area contributed by atoms with Crippen molar-refractivity contribution >= 4 is 29.2 Å². The molecule has 1 N–H and O–H groups in total. The van der Waals surface area contributed by atoms with E-state index in [-0.39, 0.29) is 30.4 Å². The lowest BCUT2D eigenvalue weighted by atomic mass is 10.0. The van der Waals surface area contributed by atoms with Crippen molar-refractivity contribution in [1.82, 2.24) is 39.4 Å². The number of anilines is 1. The predicted molar refractivity (Wildman–Crippen MR) is 220 cm³/mol. The summed E-state index contributed by atoms with van der Waals surface area (Å²) in [6, 6.07) is 23.9. The number of benzene rings is 3. The number of carbonyl (C=O) groups is 3. The second-order valence-electron chi connectivity index (χ2n) is 15.9. The van der Waals surface area contributed by atoms with Gasteiger partial charge in [-0.2, -0.15) is 5.10 Å². The highest BCUT2D eigenvalue weighted by Gasteiger charge is 2.44. The van der Waals surface area contributed by atoms with Gasteiger partial charge in [-0.1, -0.05) is 59.8 Å². The Morgan fingerprint density at radius 1 is 0.966 bits per heavy atom. The maximum Gasteiger partial charge on any atom is 0.411 e. The maximum atomic E-state index is 14.5. The van der Waals surface area contributed by atoms with Gasteiger partial charge in [-0.15, -0.1) is 5.10 Å². The molecule has 1 fully saturated rings. The van der Waals surface area contributed by atoms with E-state index in [1.54, 1.807) is 28.4 Å². The normalized spacial score (nSPS) is 15.5. The Balaban J connectivity index is 1.07. The monoisotopic (exact) mass is 783 g/mol. The summed E-state index contributed by atoms with van der Waals surface area (Å²) in [5.74, 6) is 0.305. The first-order chi connectivity index (χ1) is 27.7. The number of nitrogens with zero attached hydrogens (tertiary/aromatic N) is 8. The van der Waals surface area contributed by atoms with Crippen LogP contribution in [-0.4, -0.2) is 88.6 Å². The molecule has 0 bridgehead atoms. The molecule has 58 heavy (non-hydrogen) atoms. The van der Waals surface area contributed by atoms with Gasteiger partial charge in [0.1, 0.15) is 28.6 Å². The van der Waals surface area contributed by atoms with Crippen LogP contribution in [-0.2, 0) is 16.1 Å². The van der Waals surface area contributed by atoms with Crippen molar-refractivity contribution in [2.75, 3.05) is 19.0 Å². The Morgan fingerprint density at radius 3 is 2.36 bits per heavy atom. The lowest BCUT2D eigenvalue weighted by Gasteiger charge is -2.33. The summed E-state index contributed by atoms with van der Waals surface area (Å²) in [4.78, 5) is 49.2. The number of hydrogen-bond acceptors (Lipinski definition) is 9. The number of nitrogens with one attached hydrogen (secondary N) is 1. The number of ether oxygens (including phenoxy) is 2. The number of amides is 3. The zero-order valence-corrected chi connectivity index (χ0v) is 34.1. The van der Waals surface area contributed by atoms with Crippen LogP contribution in [0.2, 0.25) is 0 Å². The highest BCUT2D eigenvalue weighted by Crippen LogP contribution is 2.33. The molecule has 6 aromatic rings. The fourth-order valence-corrected chi connectivity index (χ4v) is 7.28. The number of para-hydroxylation sites is 1. The smallest absolute Gasteiger partial charge is 0.411 e. The third kappa shape index (κ3) is 8.41. The van der Waals surface area contributed by atoms with Gasteiger partial charge in [0.2, 0.25) is 5.91 Å². The predicted octanol–water partition coefficient (Wildman–Crippen LogP) is 7.52. The quantitative estimate of drug-likeness (QED) is 0.149. The van der Waals surface area contributed by atoms with Gasteiger partial charge in [0.25, 0.3) is 5.91 Å². The van der Waals surface area contributed by atoms with Gasteiger partial charge in [0.15, 0.2) is 5.65 Å². The van der Waals surface area contributed by atoms with Crippen LogP contribution < -0.4 is 10.1 Å². The highest BCUT2D eigenvalue weighted by molar-refractivity contribution is 6.08. The molecule has 0 radical (unpaired) electrons. The summed E-state index contributed by atoms with van der Waals surface area (Å²) >= 11 is 0. The molecule has 14 heteroatoms. The summed E-state index contributed by atoms with van der Waals surface area (Å²) in [5.41, 5.74) is 6.75. The maximum absolute atomic E-state index is 14.5. The van der Waals surface area contributed by atoms with E-state index in [1.165, 1.54) is 11.1 Å². The summed E-state index contributed by atoms with van der Waals surface area (Å²) in [7, 11) is 1.66. The lowest BCUT2D eigenvalue weighted by molar-refractivity contribution is -0.138. The molecule has 1 aliphatic rings. The molecular formula is C44H49N9O5. The van der Waals surface area contributed by atoms with Crippen molar-refractivity contribution < 1.29 is 23.9 Å². The molecule has 2 atom stereocenters. The number of likely N-dealkylation sites (tertiary alicyclic amines) is 1. The van der Waals surface area contributed by atoms with Crippen LogP contribution in [0.5, 0.6) is 5.75 Å². The van der Waals surface area contributed by atoms with Gasteiger partial charge in [-0.3, -0.25) is 14.5 Å². The molecule has 7 rings (SSSR count). The molecule has 1 unspecified atom stereocenters. The molecule has 4 heterocycles. The van der Waals surface area contributed by atoms with E-state index in [9.17, 15) is 14.4 Å². The Kier molecular flexibility index (Phi) is 11.0. The van der Waals surface area contributed by atoms with Crippen LogP contribution >= 0.6 is 0 Å². The van der Waals surface area contributed by atoms with E-state index >= 15 is 0 Å². The molecule has 1 saturated heterocycles. The molecule has 0 aliphatic carbocycles. The van der Waals surface area contributed by atoms with Gasteiger partial charge >= 0.3 is 6.09 Å².